The number of carbonyl (C=O) groups is 3. The normalized spacial score (nSPS) is 20.9. The molecule has 1 aromatic rings. The van der Waals surface area contributed by atoms with Crippen molar-refractivity contribution in [3.8, 4) is 0 Å². The van der Waals surface area contributed by atoms with E-state index in [4.69, 9.17) is 11.6 Å². The lowest BCUT2D eigenvalue weighted by molar-refractivity contribution is -0.313. The lowest BCUT2D eigenvalue weighted by Crippen LogP contribution is -2.42. The summed E-state index contributed by atoms with van der Waals surface area (Å²) in [6.45, 7) is 1.43. The molecule has 2 atom stereocenters. The van der Waals surface area contributed by atoms with Gasteiger partial charge in [0.25, 0.3) is 0 Å². The molecule has 22 heavy (non-hydrogen) atoms. The summed E-state index contributed by atoms with van der Waals surface area (Å²) in [5, 5.41) is 14.3. The van der Waals surface area contributed by atoms with Gasteiger partial charge in [0.2, 0.25) is 5.91 Å². The standard InChI is InChI=1S/C16H16ClNO4/c1-9(19)10-3-2-4-12(7-10)18-15(20)14-8-11(17)5-6-13(14)16(21)22/h2-5,7,13-14H,6,8H2,1H3,(H,18,20)(H,21,22)/p-1/t13-,14-/m0/s1. The number of aliphatic carboxylic acids is 1. The smallest absolute Gasteiger partial charge is 0.228 e. The van der Waals surface area contributed by atoms with Crippen molar-refractivity contribution in [3.05, 3.63) is 40.9 Å². The predicted molar refractivity (Wildman–Crippen MR) is 80.2 cm³/mol. The first-order valence-electron chi connectivity index (χ1n) is 6.85. The molecule has 5 nitrogen and oxygen atoms in total. The van der Waals surface area contributed by atoms with Crippen LogP contribution in [0.4, 0.5) is 5.69 Å². The summed E-state index contributed by atoms with van der Waals surface area (Å²) in [6.07, 6.45) is 1.94. The second kappa shape index (κ2) is 6.75. The topological polar surface area (TPSA) is 86.3 Å². The molecule has 1 aliphatic rings. The number of hydrogen-bond donors (Lipinski definition) is 1. The van der Waals surface area contributed by atoms with Crippen LogP contribution in [0.5, 0.6) is 0 Å². The van der Waals surface area contributed by atoms with E-state index in [1.54, 1.807) is 30.3 Å². The van der Waals surface area contributed by atoms with E-state index in [2.05, 4.69) is 5.32 Å². The number of ketones is 1. The average Bonchev–Trinajstić information content (AvgIpc) is 2.47. The van der Waals surface area contributed by atoms with Gasteiger partial charge in [-0.3, -0.25) is 9.59 Å². The second-order valence-corrected chi connectivity index (χ2v) is 5.73. The Morgan fingerprint density at radius 2 is 2.00 bits per heavy atom. The van der Waals surface area contributed by atoms with E-state index in [0.717, 1.165) is 0 Å². The predicted octanol–water partition coefficient (Wildman–Crippen LogP) is 1.73. The maximum Gasteiger partial charge on any atom is 0.228 e. The van der Waals surface area contributed by atoms with Gasteiger partial charge in [-0.2, -0.15) is 0 Å². The van der Waals surface area contributed by atoms with Crippen LogP contribution < -0.4 is 10.4 Å². The summed E-state index contributed by atoms with van der Waals surface area (Å²) in [4.78, 5) is 34.8. The zero-order valence-corrected chi connectivity index (χ0v) is 12.7. The fraction of sp³-hybridized carbons (Fsp3) is 0.312. The highest BCUT2D eigenvalue weighted by Crippen LogP contribution is 2.32. The Morgan fingerprint density at radius 1 is 1.27 bits per heavy atom. The molecule has 6 heteroatoms. The molecule has 0 bridgehead atoms. The molecule has 1 amide bonds. The summed E-state index contributed by atoms with van der Waals surface area (Å²) in [5.41, 5.74) is 0.913. The number of carboxylic acids is 1. The number of benzene rings is 1. The van der Waals surface area contributed by atoms with Gasteiger partial charge in [0, 0.05) is 28.2 Å². The van der Waals surface area contributed by atoms with Crippen LogP contribution in [0.2, 0.25) is 0 Å². The second-order valence-electron chi connectivity index (χ2n) is 5.25. The monoisotopic (exact) mass is 320 g/mol. The van der Waals surface area contributed by atoms with Crippen LogP contribution in [0.3, 0.4) is 0 Å². The van der Waals surface area contributed by atoms with Crippen molar-refractivity contribution in [1.82, 2.24) is 0 Å². The molecule has 0 aromatic heterocycles. The molecule has 0 saturated carbocycles. The molecule has 0 spiro atoms. The molecule has 0 fully saturated rings. The number of halogens is 1. The van der Waals surface area contributed by atoms with Crippen molar-refractivity contribution in [2.24, 2.45) is 11.8 Å². The van der Waals surface area contributed by atoms with Gasteiger partial charge < -0.3 is 15.2 Å². The number of Topliss-reactive ketones (excluding diaryl/α,β-unsaturated/α-hetero) is 1. The van der Waals surface area contributed by atoms with Gasteiger partial charge in [-0.05, 0) is 31.9 Å². The molecule has 0 heterocycles. The first kappa shape index (κ1) is 16.2. The zero-order valence-electron chi connectivity index (χ0n) is 12.0. The fourth-order valence-electron chi connectivity index (χ4n) is 2.44. The van der Waals surface area contributed by atoms with Crippen molar-refractivity contribution >= 4 is 34.9 Å². The highest BCUT2D eigenvalue weighted by atomic mass is 35.5. The van der Waals surface area contributed by atoms with Crippen LogP contribution in [0.1, 0.15) is 30.1 Å². The number of carbonyl (C=O) groups excluding carboxylic acids is 3. The molecule has 0 saturated heterocycles. The SMILES string of the molecule is CC(=O)c1cccc(NC(=O)[C@H]2CC(Cl)=CC[C@@H]2C(=O)[O-])c1. The summed E-state index contributed by atoms with van der Waals surface area (Å²) >= 11 is 5.92. The van der Waals surface area contributed by atoms with Crippen LogP contribution >= 0.6 is 11.6 Å². The van der Waals surface area contributed by atoms with Crippen LogP contribution in [-0.4, -0.2) is 17.7 Å². The van der Waals surface area contributed by atoms with Gasteiger partial charge in [0.15, 0.2) is 5.78 Å². The average molecular weight is 321 g/mol. The number of amides is 1. The first-order chi connectivity index (χ1) is 10.4. The van der Waals surface area contributed by atoms with E-state index < -0.39 is 23.7 Å². The highest BCUT2D eigenvalue weighted by Gasteiger charge is 2.32. The van der Waals surface area contributed by atoms with E-state index in [1.807, 2.05) is 0 Å². The van der Waals surface area contributed by atoms with Crippen molar-refractivity contribution in [1.29, 1.82) is 0 Å². The molecule has 116 valence electrons. The van der Waals surface area contributed by atoms with Gasteiger partial charge in [0.05, 0.1) is 5.92 Å². The Labute approximate surface area is 133 Å². The molecule has 2 rings (SSSR count). The van der Waals surface area contributed by atoms with E-state index in [-0.39, 0.29) is 18.6 Å². The van der Waals surface area contributed by atoms with E-state index in [9.17, 15) is 19.5 Å². The van der Waals surface area contributed by atoms with Crippen LogP contribution in [0.25, 0.3) is 0 Å². The van der Waals surface area contributed by atoms with Gasteiger partial charge in [-0.15, -0.1) is 0 Å². The molecule has 0 radical (unpaired) electrons. The van der Waals surface area contributed by atoms with E-state index >= 15 is 0 Å². The van der Waals surface area contributed by atoms with Gasteiger partial charge >= 0.3 is 0 Å². The minimum Gasteiger partial charge on any atom is -0.550 e. The first-order valence-corrected chi connectivity index (χ1v) is 7.23. The molecule has 1 N–H and O–H groups in total. The molecule has 1 aromatic carbocycles. The lowest BCUT2D eigenvalue weighted by Gasteiger charge is -2.29. The van der Waals surface area contributed by atoms with E-state index in [0.29, 0.717) is 16.3 Å². The van der Waals surface area contributed by atoms with Crippen LogP contribution in [-0.2, 0) is 9.59 Å². The summed E-state index contributed by atoms with van der Waals surface area (Å²) in [7, 11) is 0. The van der Waals surface area contributed by atoms with Crippen molar-refractivity contribution < 1.29 is 19.5 Å². The number of nitrogens with one attached hydrogen (secondary N) is 1. The molecule has 0 unspecified atom stereocenters. The highest BCUT2D eigenvalue weighted by molar-refractivity contribution is 6.29. The number of carboxylic acid groups (broad SMARTS) is 1. The maximum absolute atomic E-state index is 12.3. The van der Waals surface area contributed by atoms with Gasteiger partial charge in [-0.1, -0.05) is 29.8 Å². The number of hydrogen-bond acceptors (Lipinski definition) is 4. The molecule has 0 aliphatic heterocycles. The summed E-state index contributed by atoms with van der Waals surface area (Å²) in [5.74, 6) is -3.52. The zero-order chi connectivity index (χ0) is 16.3. The van der Waals surface area contributed by atoms with Crippen molar-refractivity contribution in [3.63, 3.8) is 0 Å². The molecule has 1 aliphatic carbocycles. The van der Waals surface area contributed by atoms with Crippen LogP contribution in [0.15, 0.2) is 35.4 Å². The lowest BCUT2D eigenvalue weighted by atomic mass is 9.82. The van der Waals surface area contributed by atoms with Gasteiger partial charge in [0.1, 0.15) is 0 Å². The Bertz CT molecular complexity index is 653. The Morgan fingerprint density at radius 3 is 2.64 bits per heavy atom. The summed E-state index contributed by atoms with van der Waals surface area (Å²) < 4.78 is 0. The van der Waals surface area contributed by atoms with E-state index in [1.165, 1.54) is 6.92 Å². The minimum atomic E-state index is -1.27. The maximum atomic E-state index is 12.3. The third kappa shape index (κ3) is 3.74. The third-order valence-corrected chi connectivity index (χ3v) is 3.98. The molecular weight excluding hydrogens is 306 g/mol. The Hall–Kier alpha value is -2.14. The third-order valence-electron chi connectivity index (χ3n) is 3.67. The summed E-state index contributed by atoms with van der Waals surface area (Å²) in [6, 6.07) is 6.48. The van der Waals surface area contributed by atoms with Crippen LogP contribution in [0, 0.1) is 11.8 Å². The van der Waals surface area contributed by atoms with Crippen molar-refractivity contribution in [2.45, 2.75) is 19.8 Å². The molecular formula is C16H15ClNO4-. The fourth-order valence-corrected chi connectivity index (χ4v) is 2.70. The van der Waals surface area contributed by atoms with Gasteiger partial charge in [-0.25, -0.2) is 0 Å². The number of allylic oxidation sites excluding steroid dienone is 2. The quantitative estimate of drug-likeness (QED) is 0.856. The number of anilines is 1. The minimum absolute atomic E-state index is 0.118. The number of rotatable bonds is 4. The largest absolute Gasteiger partial charge is 0.550 e. The van der Waals surface area contributed by atoms with Crippen molar-refractivity contribution in [2.75, 3.05) is 5.32 Å². The Kier molecular flexibility index (Phi) is 4.98. The Balaban J connectivity index is 2.17.